The van der Waals surface area contributed by atoms with Gasteiger partial charge in [0.15, 0.2) is 0 Å². The number of carboxylic acid groups (broad SMARTS) is 1. The van der Waals surface area contributed by atoms with Gasteiger partial charge in [-0.1, -0.05) is 24.3 Å². The molecule has 1 N–H and O–H groups in total. The molecule has 3 nitrogen and oxygen atoms in total. The van der Waals surface area contributed by atoms with E-state index in [9.17, 15) is 14.3 Å². The molecule has 0 amide bonds. The van der Waals surface area contributed by atoms with E-state index in [0.29, 0.717) is 12.0 Å². The van der Waals surface area contributed by atoms with E-state index in [0.717, 1.165) is 11.3 Å². The van der Waals surface area contributed by atoms with E-state index in [1.54, 1.807) is 0 Å². The van der Waals surface area contributed by atoms with Crippen LogP contribution in [0.5, 0.6) is 5.75 Å². The molecule has 0 fully saturated rings. The summed E-state index contributed by atoms with van der Waals surface area (Å²) in [6, 6.07) is 13.0. The monoisotopic (exact) mass is 302 g/mol. The van der Waals surface area contributed by atoms with Crippen molar-refractivity contribution in [2.24, 2.45) is 0 Å². The Morgan fingerprint density at radius 1 is 1.18 bits per heavy atom. The number of halogens is 1. The number of carbonyl (C=O) groups is 1. The van der Waals surface area contributed by atoms with Gasteiger partial charge in [0, 0.05) is 0 Å². The second-order valence-corrected chi connectivity index (χ2v) is 5.46. The van der Waals surface area contributed by atoms with Crippen LogP contribution in [0.15, 0.2) is 48.5 Å². The SMILES string of the molecule is CC(C)Oc1cccc(CC(C(=O)O)c2ccc(F)cc2)c1. The fraction of sp³-hybridized carbons (Fsp3) is 0.278. The maximum Gasteiger partial charge on any atom is 0.311 e. The minimum absolute atomic E-state index is 0.0580. The summed E-state index contributed by atoms with van der Waals surface area (Å²) in [4.78, 5) is 11.5. The van der Waals surface area contributed by atoms with Gasteiger partial charge in [0.05, 0.1) is 12.0 Å². The molecule has 1 atom stereocenters. The Labute approximate surface area is 129 Å². The maximum atomic E-state index is 13.0. The molecule has 0 spiro atoms. The third-order valence-corrected chi connectivity index (χ3v) is 3.28. The Morgan fingerprint density at radius 2 is 1.86 bits per heavy atom. The highest BCUT2D eigenvalue weighted by Crippen LogP contribution is 2.24. The largest absolute Gasteiger partial charge is 0.491 e. The predicted octanol–water partition coefficient (Wildman–Crippen LogP) is 4.02. The lowest BCUT2D eigenvalue weighted by atomic mass is 9.92. The molecular weight excluding hydrogens is 283 g/mol. The van der Waals surface area contributed by atoms with Crippen LogP contribution in [0.2, 0.25) is 0 Å². The van der Waals surface area contributed by atoms with Crippen LogP contribution in [0, 0.1) is 5.82 Å². The van der Waals surface area contributed by atoms with Crippen molar-refractivity contribution in [3.8, 4) is 5.75 Å². The topological polar surface area (TPSA) is 46.5 Å². The number of hydrogen-bond donors (Lipinski definition) is 1. The number of hydrogen-bond acceptors (Lipinski definition) is 2. The number of rotatable bonds is 6. The molecule has 2 aromatic rings. The predicted molar refractivity (Wildman–Crippen MR) is 82.7 cm³/mol. The molecule has 22 heavy (non-hydrogen) atoms. The second kappa shape index (κ2) is 7.07. The minimum Gasteiger partial charge on any atom is -0.491 e. The van der Waals surface area contributed by atoms with Crippen LogP contribution in [0.1, 0.15) is 30.9 Å². The smallest absolute Gasteiger partial charge is 0.311 e. The van der Waals surface area contributed by atoms with Gasteiger partial charge in [0.2, 0.25) is 0 Å². The highest BCUT2D eigenvalue weighted by atomic mass is 19.1. The zero-order valence-electron chi connectivity index (χ0n) is 12.6. The van der Waals surface area contributed by atoms with E-state index in [1.807, 2.05) is 38.1 Å². The van der Waals surface area contributed by atoms with E-state index in [2.05, 4.69) is 0 Å². The zero-order chi connectivity index (χ0) is 16.1. The summed E-state index contributed by atoms with van der Waals surface area (Å²) in [5, 5.41) is 9.45. The molecule has 0 saturated heterocycles. The quantitative estimate of drug-likeness (QED) is 0.876. The lowest BCUT2D eigenvalue weighted by Crippen LogP contribution is -2.14. The number of carboxylic acids is 1. The van der Waals surface area contributed by atoms with Crippen LogP contribution >= 0.6 is 0 Å². The van der Waals surface area contributed by atoms with E-state index >= 15 is 0 Å². The molecule has 0 radical (unpaired) electrons. The number of benzene rings is 2. The summed E-state index contributed by atoms with van der Waals surface area (Å²) in [5.74, 6) is -1.30. The summed E-state index contributed by atoms with van der Waals surface area (Å²) in [6.07, 6.45) is 0.388. The molecule has 1 unspecified atom stereocenters. The van der Waals surface area contributed by atoms with Crippen molar-refractivity contribution in [2.75, 3.05) is 0 Å². The summed E-state index contributed by atoms with van der Waals surface area (Å²) >= 11 is 0. The fourth-order valence-corrected chi connectivity index (χ4v) is 2.30. The average molecular weight is 302 g/mol. The molecular formula is C18H19FO3. The van der Waals surface area contributed by atoms with E-state index in [-0.39, 0.29) is 11.9 Å². The highest BCUT2D eigenvalue weighted by Gasteiger charge is 2.20. The van der Waals surface area contributed by atoms with Gasteiger partial charge >= 0.3 is 5.97 Å². The first kappa shape index (κ1) is 16.0. The van der Waals surface area contributed by atoms with Crippen molar-refractivity contribution >= 4 is 5.97 Å². The number of aliphatic carboxylic acids is 1. The van der Waals surface area contributed by atoms with Gasteiger partial charge in [0.25, 0.3) is 0 Å². The van der Waals surface area contributed by atoms with Crippen molar-refractivity contribution in [1.29, 1.82) is 0 Å². The Hall–Kier alpha value is -2.36. The molecule has 0 aliphatic heterocycles. The van der Waals surface area contributed by atoms with Crippen LogP contribution in [0.4, 0.5) is 4.39 Å². The molecule has 0 aromatic heterocycles. The van der Waals surface area contributed by atoms with Crippen molar-refractivity contribution in [2.45, 2.75) is 32.3 Å². The van der Waals surface area contributed by atoms with Crippen LogP contribution in [0.3, 0.4) is 0 Å². The molecule has 2 aromatic carbocycles. The Kier molecular flexibility index (Phi) is 5.15. The normalized spacial score (nSPS) is 12.2. The van der Waals surface area contributed by atoms with Gasteiger partial charge < -0.3 is 9.84 Å². The standard InChI is InChI=1S/C18H19FO3/c1-12(2)22-16-5-3-4-13(10-16)11-17(18(20)21)14-6-8-15(19)9-7-14/h3-10,12,17H,11H2,1-2H3,(H,20,21). The molecule has 2 rings (SSSR count). The highest BCUT2D eigenvalue weighted by molar-refractivity contribution is 5.76. The summed E-state index contributed by atoms with van der Waals surface area (Å²) in [6.45, 7) is 3.87. The maximum absolute atomic E-state index is 13.0. The van der Waals surface area contributed by atoms with E-state index in [4.69, 9.17) is 4.74 Å². The third kappa shape index (κ3) is 4.32. The summed E-state index contributed by atoms with van der Waals surface area (Å²) in [7, 11) is 0. The first-order valence-corrected chi connectivity index (χ1v) is 7.19. The minimum atomic E-state index is -0.929. The van der Waals surface area contributed by atoms with Crippen LogP contribution in [-0.2, 0) is 11.2 Å². The van der Waals surface area contributed by atoms with Crippen LogP contribution in [0.25, 0.3) is 0 Å². The van der Waals surface area contributed by atoms with Crippen molar-refractivity contribution in [3.05, 3.63) is 65.5 Å². The van der Waals surface area contributed by atoms with Gasteiger partial charge in [-0.2, -0.15) is 0 Å². The fourth-order valence-electron chi connectivity index (χ4n) is 2.30. The number of ether oxygens (including phenoxy) is 1. The molecule has 4 heteroatoms. The Balaban J connectivity index is 2.21. The van der Waals surface area contributed by atoms with Crippen molar-refractivity contribution in [3.63, 3.8) is 0 Å². The van der Waals surface area contributed by atoms with Gasteiger partial charge in [0.1, 0.15) is 11.6 Å². The van der Waals surface area contributed by atoms with Crippen LogP contribution < -0.4 is 4.74 Å². The molecule has 116 valence electrons. The Bertz CT molecular complexity index is 635. The van der Waals surface area contributed by atoms with Gasteiger partial charge in [-0.3, -0.25) is 4.79 Å². The zero-order valence-corrected chi connectivity index (χ0v) is 12.6. The molecule has 0 bridgehead atoms. The Morgan fingerprint density at radius 3 is 2.45 bits per heavy atom. The van der Waals surface area contributed by atoms with E-state index in [1.165, 1.54) is 24.3 Å². The van der Waals surface area contributed by atoms with Gasteiger partial charge in [-0.15, -0.1) is 0 Å². The second-order valence-electron chi connectivity index (χ2n) is 5.46. The molecule has 0 aliphatic rings. The molecule has 0 heterocycles. The summed E-state index contributed by atoms with van der Waals surface area (Å²) in [5.41, 5.74) is 1.46. The lowest BCUT2D eigenvalue weighted by molar-refractivity contribution is -0.138. The van der Waals surface area contributed by atoms with Gasteiger partial charge in [-0.25, -0.2) is 4.39 Å². The summed E-state index contributed by atoms with van der Waals surface area (Å²) < 4.78 is 18.6. The average Bonchev–Trinajstić information content (AvgIpc) is 2.45. The molecule has 0 aliphatic carbocycles. The van der Waals surface area contributed by atoms with Gasteiger partial charge in [-0.05, 0) is 55.7 Å². The third-order valence-electron chi connectivity index (χ3n) is 3.28. The first-order valence-electron chi connectivity index (χ1n) is 7.19. The van der Waals surface area contributed by atoms with Crippen LogP contribution in [-0.4, -0.2) is 17.2 Å². The molecule has 0 saturated carbocycles. The lowest BCUT2D eigenvalue weighted by Gasteiger charge is -2.15. The first-order chi connectivity index (χ1) is 10.5. The van der Waals surface area contributed by atoms with E-state index < -0.39 is 11.9 Å². The van der Waals surface area contributed by atoms with Crippen molar-refractivity contribution in [1.82, 2.24) is 0 Å². The van der Waals surface area contributed by atoms with Crippen molar-refractivity contribution < 1.29 is 19.0 Å².